The fourth-order valence-electron chi connectivity index (χ4n) is 6.66. The van der Waals surface area contributed by atoms with E-state index in [2.05, 4.69) is 131 Å². The molecule has 0 spiro atoms. The summed E-state index contributed by atoms with van der Waals surface area (Å²) in [5.74, 6) is 0.684. The number of nitrogens with zero attached hydrogens (tertiary/aromatic N) is 4. The second kappa shape index (κ2) is 8.08. The quantitative estimate of drug-likeness (QED) is 0.219. The Bertz CT molecular complexity index is 2070. The minimum atomic E-state index is 0.0104. The lowest BCUT2D eigenvalue weighted by molar-refractivity contribution is 0.808. The summed E-state index contributed by atoms with van der Waals surface area (Å²) in [5.41, 5.74) is 12.7. The maximum Gasteiger partial charge on any atom is 0.439 e. The molecule has 3 heterocycles. The summed E-state index contributed by atoms with van der Waals surface area (Å²) < 4.78 is 2.28. The highest BCUT2D eigenvalue weighted by molar-refractivity contribution is 6.16. The van der Waals surface area contributed by atoms with Gasteiger partial charge in [0.05, 0.1) is 16.8 Å². The Kier molecular flexibility index (Phi) is 4.35. The fraction of sp³-hybridized carbons (Fsp3) is 0.0278. The highest BCUT2D eigenvalue weighted by Gasteiger charge is 2.45. The maximum absolute atomic E-state index is 5.29. The van der Waals surface area contributed by atoms with Gasteiger partial charge < -0.3 is 4.90 Å². The van der Waals surface area contributed by atoms with Crippen molar-refractivity contribution in [3.8, 4) is 22.4 Å². The number of para-hydroxylation sites is 4. The number of anilines is 2. The van der Waals surface area contributed by atoms with E-state index in [1.807, 2.05) is 12.1 Å². The summed E-state index contributed by atoms with van der Waals surface area (Å²) in [6.07, 6.45) is 4.51. The molecule has 4 heteroatoms. The van der Waals surface area contributed by atoms with Crippen LogP contribution in [0.15, 0.2) is 127 Å². The molecule has 186 valence electrons. The van der Waals surface area contributed by atoms with Gasteiger partial charge in [-0.3, -0.25) is 0 Å². The lowest BCUT2D eigenvalue weighted by atomic mass is 9.79. The number of rotatable bonds is 2. The van der Waals surface area contributed by atoms with Crippen molar-refractivity contribution in [1.29, 1.82) is 0 Å². The van der Waals surface area contributed by atoms with Crippen molar-refractivity contribution in [1.82, 2.24) is 14.5 Å². The third-order valence-electron chi connectivity index (χ3n) is 8.32. The van der Waals surface area contributed by atoms with Crippen LogP contribution in [0.1, 0.15) is 17.2 Å². The van der Waals surface area contributed by atoms with Gasteiger partial charge in [0.1, 0.15) is 17.4 Å². The molecule has 0 saturated heterocycles. The van der Waals surface area contributed by atoms with E-state index >= 15 is 0 Å². The normalized spacial score (nSPS) is 16.0. The first-order valence-electron chi connectivity index (χ1n) is 13.6. The number of aromatic nitrogens is 2. The van der Waals surface area contributed by atoms with Crippen LogP contribution in [0, 0.1) is 0 Å². The van der Waals surface area contributed by atoms with Gasteiger partial charge in [0.25, 0.3) is 0 Å². The monoisotopic (exact) mass is 511 g/mol. The molecule has 0 saturated carbocycles. The molecule has 0 fully saturated rings. The number of hydrogen-bond donors (Lipinski definition) is 0. The van der Waals surface area contributed by atoms with E-state index < -0.39 is 0 Å². The van der Waals surface area contributed by atoms with Crippen molar-refractivity contribution >= 4 is 45.7 Å². The third kappa shape index (κ3) is 2.88. The summed E-state index contributed by atoms with van der Waals surface area (Å²) in [6.45, 7) is 0. The first-order chi connectivity index (χ1) is 19.9. The summed E-state index contributed by atoms with van der Waals surface area (Å²) in [4.78, 5) is 13.0. The predicted octanol–water partition coefficient (Wildman–Crippen LogP) is 8.47. The van der Waals surface area contributed by atoms with Crippen molar-refractivity contribution in [2.45, 2.75) is 6.04 Å². The standard InChI is InChI=1S/C36H23N4/c1-2-11-24(12-3-1)34-27-15-4-6-17-28(27)37-36(38-34)40-31-20-9-8-19-30(31)39-29-18-7-5-14-25(29)26-16-10-13-23-21-22-32(40)35(39)33(23)26/h1-22,35H/q+1. The largest absolute Gasteiger partial charge is 0.439 e. The molecule has 4 nitrogen and oxygen atoms in total. The average molecular weight is 512 g/mol. The second-order valence-electron chi connectivity index (χ2n) is 10.4. The number of benzene rings is 5. The van der Waals surface area contributed by atoms with Gasteiger partial charge in [-0.2, -0.15) is 4.58 Å². The van der Waals surface area contributed by atoms with E-state index in [0.29, 0.717) is 5.95 Å². The van der Waals surface area contributed by atoms with Gasteiger partial charge in [-0.15, -0.1) is 0 Å². The zero-order chi connectivity index (χ0) is 26.2. The molecule has 1 aliphatic carbocycles. The van der Waals surface area contributed by atoms with Crippen LogP contribution in [0.3, 0.4) is 0 Å². The lowest BCUT2D eigenvalue weighted by Gasteiger charge is -2.45. The zero-order valence-corrected chi connectivity index (χ0v) is 21.6. The topological polar surface area (TPSA) is 32.0 Å². The van der Waals surface area contributed by atoms with Crippen molar-refractivity contribution in [3.05, 3.63) is 139 Å². The van der Waals surface area contributed by atoms with Crippen molar-refractivity contribution in [2.24, 2.45) is 0 Å². The SMILES string of the molecule is C1=Cc2cccc3c2C2C1=[N+](c1nc(-c4ccccc4)c4ccccc4n1)c1ccccc1N2c1ccccc1-3. The van der Waals surface area contributed by atoms with Crippen LogP contribution in [0.25, 0.3) is 39.4 Å². The predicted molar refractivity (Wildman–Crippen MR) is 164 cm³/mol. The van der Waals surface area contributed by atoms with E-state index in [9.17, 15) is 0 Å². The molecule has 9 rings (SSSR count). The molecular weight excluding hydrogens is 488 g/mol. The van der Waals surface area contributed by atoms with Crippen LogP contribution in [-0.2, 0) is 0 Å². The van der Waals surface area contributed by atoms with E-state index in [1.165, 1.54) is 27.9 Å². The Labute approximate surface area is 231 Å². The van der Waals surface area contributed by atoms with Gasteiger partial charge in [0.2, 0.25) is 0 Å². The average Bonchev–Trinajstić information content (AvgIpc) is 3.03. The Hall–Kier alpha value is -5.35. The number of hydrogen-bond acceptors (Lipinski definition) is 3. The molecule has 1 aromatic heterocycles. The Morgan fingerprint density at radius 1 is 0.600 bits per heavy atom. The highest BCUT2D eigenvalue weighted by Crippen LogP contribution is 2.55. The van der Waals surface area contributed by atoms with Gasteiger partial charge in [-0.05, 0) is 53.1 Å². The minimum absolute atomic E-state index is 0.0104. The van der Waals surface area contributed by atoms with E-state index in [-0.39, 0.29) is 6.04 Å². The van der Waals surface area contributed by atoms with Crippen molar-refractivity contribution < 1.29 is 0 Å². The molecule has 1 atom stereocenters. The smallest absolute Gasteiger partial charge is 0.323 e. The summed E-state index contributed by atoms with van der Waals surface area (Å²) in [6, 6.07) is 42.8. The second-order valence-corrected chi connectivity index (χ2v) is 10.4. The first-order valence-corrected chi connectivity index (χ1v) is 13.6. The van der Waals surface area contributed by atoms with Gasteiger partial charge in [0.15, 0.2) is 11.2 Å². The molecule has 0 bridgehead atoms. The van der Waals surface area contributed by atoms with Crippen LogP contribution in [0.5, 0.6) is 0 Å². The Morgan fingerprint density at radius 3 is 2.27 bits per heavy atom. The Morgan fingerprint density at radius 2 is 1.35 bits per heavy atom. The highest BCUT2D eigenvalue weighted by atomic mass is 15.3. The molecule has 0 amide bonds. The number of fused-ring (bicyclic) bond motifs is 6. The molecule has 5 aromatic carbocycles. The molecule has 3 aliphatic rings. The van der Waals surface area contributed by atoms with Crippen LogP contribution in [0.4, 0.5) is 23.0 Å². The molecule has 1 unspecified atom stereocenters. The molecule has 0 N–H and O–H groups in total. The van der Waals surface area contributed by atoms with Crippen LogP contribution >= 0.6 is 0 Å². The summed E-state index contributed by atoms with van der Waals surface area (Å²) in [7, 11) is 0. The van der Waals surface area contributed by atoms with Crippen molar-refractivity contribution in [2.75, 3.05) is 4.90 Å². The molecule has 0 radical (unpaired) electrons. The Balaban J connectivity index is 1.40. The lowest BCUT2D eigenvalue weighted by Crippen LogP contribution is -2.42. The van der Waals surface area contributed by atoms with Gasteiger partial charge >= 0.3 is 5.95 Å². The van der Waals surface area contributed by atoms with Crippen LogP contribution in [-0.4, -0.2) is 15.7 Å². The first kappa shape index (κ1) is 21.6. The molecule has 40 heavy (non-hydrogen) atoms. The summed E-state index contributed by atoms with van der Waals surface area (Å²) in [5, 5.41) is 1.05. The van der Waals surface area contributed by atoms with E-state index in [1.54, 1.807) is 0 Å². The van der Waals surface area contributed by atoms with Gasteiger partial charge in [-0.25, -0.2) is 0 Å². The maximum atomic E-state index is 5.29. The van der Waals surface area contributed by atoms with E-state index in [4.69, 9.17) is 9.97 Å². The van der Waals surface area contributed by atoms with Crippen LogP contribution < -0.4 is 9.48 Å². The van der Waals surface area contributed by atoms with Crippen molar-refractivity contribution in [3.63, 3.8) is 0 Å². The van der Waals surface area contributed by atoms with Gasteiger partial charge in [-0.1, -0.05) is 107 Å². The fourth-order valence-corrected chi connectivity index (χ4v) is 6.66. The van der Waals surface area contributed by atoms with Crippen LogP contribution in [0.2, 0.25) is 0 Å². The third-order valence-corrected chi connectivity index (χ3v) is 8.32. The molecular formula is C36H23N4+. The van der Waals surface area contributed by atoms with Gasteiger partial charge in [0, 0.05) is 11.1 Å². The molecule has 6 aromatic rings. The zero-order valence-electron chi connectivity index (χ0n) is 21.6. The molecule has 2 aliphatic heterocycles. The van der Waals surface area contributed by atoms with E-state index in [0.717, 1.165) is 39.2 Å². The minimum Gasteiger partial charge on any atom is -0.323 e. The summed E-state index contributed by atoms with van der Waals surface area (Å²) >= 11 is 0.